The summed E-state index contributed by atoms with van der Waals surface area (Å²) in [6.45, 7) is 2.89. The van der Waals surface area contributed by atoms with Crippen molar-refractivity contribution in [2.45, 2.75) is 32.4 Å². The van der Waals surface area contributed by atoms with E-state index in [1.807, 2.05) is 13.0 Å². The van der Waals surface area contributed by atoms with Gasteiger partial charge in [-0.25, -0.2) is 4.39 Å². The molecule has 1 saturated carbocycles. The Kier molecular flexibility index (Phi) is 3.74. The molecule has 0 bridgehead atoms. The van der Waals surface area contributed by atoms with E-state index in [1.54, 1.807) is 17.4 Å². The highest BCUT2D eigenvalue weighted by Gasteiger charge is 2.20. The second kappa shape index (κ2) is 5.35. The molecule has 19 heavy (non-hydrogen) atoms. The number of nitrogens with one attached hydrogen (secondary N) is 1. The number of thiophene rings is 1. The van der Waals surface area contributed by atoms with Gasteiger partial charge in [-0.3, -0.25) is 0 Å². The molecule has 3 rings (SSSR count). The van der Waals surface area contributed by atoms with Gasteiger partial charge in [-0.05, 0) is 71.1 Å². The molecule has 0 unspecified atom stereocenters. The van der Waals surface area contributed by atoms with Crippen LogP contribution in [0.5, 0.6) is 0 Å². The Morgan fingerprint density at radius 2 is 2.16 bits per heavy atom. The molecule has 1 heterocycles. The Bertz CT molecular complexity index is 604. The molecule has 1 aromatic carbocycles. The van der Waals surface area contributed by atoms with Gasteiger partial charge in [0.25, 0.3) is 0 Å². The van der Waals surface area contributed by atoms with E-state index >= 15 is 0 Å². The maximum Gasteiger partial charge on any atom is 0.137 e. The molecule has 0 atom stereocenters. The molecule has 100 valence electrons. The van der Waals surface area contributed by atoms with Crippen LogP contribution in [0.15, 0.2) is 28.7 Å². The van der Waals surface area contributed by atoms with Gasteiger partial charge in [0.15, 0.2) is 0 Å². The summed E-state index contributed by atoms with van der Waals surface area (Å²) in [5, 5.41) is 3.51. The summed E-state index contributed by atoms with van der Waals surface area (Å²) in [4.78, 5) is 2.53. The third-order valence-electron chi connectivity index (χ3n) is 3.34. The number of rotatable bonds is 4. The van der Waals surface area contributed by atoms with Crippen molar-refractivity contribution in [2.75, 3.05) is 0 Å². The number of hydrogen-bond acceptors (Lipinski definition) is 2. The van der Waals surface area contributed by atoms with Gasteiger partial charge in [-0.2, -0.15) is 0 Å². The van der Waals surface area contributed by atoms with Crippen LogP contribution in [0.3, 0.4) is 0 Å². The van der Waals surface area contributed by atoms with Crippen LogP contribution in [-0.4, -0.2) is 6.04 Å². The van der Waals surface area contributed by atoms with Gasteiger partial charge >= 0.3 is 0 Å². The van der Waals surface area contributed by atoms with Crippen molar-refractivity contribution in [3.8, 4) is 10.4 Å². The highest BCUT2D eigenvalue weighted by Crippen LogP contribution is 2.34. The lowest BCUT2D eigenvalue weighted by molar-refractivity contribution is 0.620. The predicted octanol–water partition coefficient (Wildman–Crippen LogP) is 4.88. The van der Waals surface area contributed by atoms with Crippen LogP contribution < -0.4 is 5.32 Å². The third kappa shape index (κ3) is 3.07. The molecule has 0 saturated heterocycles. The Labute approximate surface area is 125 Å². The topological polar surface area (TPSA) is 12.0 Å². The van der Waals surface area contributed by atoms with Crippen molar-refractivity contribution in [1.29, 1.82) is 0 Å². The van der Waals surface area contributed by atoms with Crippen molar-refractivity contribution in [3.05, 3.63) is 45.0 Å². The van der Waals surface area contributed by atoms with Gasteiger partial charge in [0.1, 0.15) is 5.82 Å². The molecular weight excluding hydrogens is 325 g/mol. The van der Waals surface area contributed by atoms with Gasteiger partial charge in [0.2, 0.25) is 0 Å². The summed E-state index contributed by atoms with van der Waals surface area (Å²) in [7, 11) is 0. The largest absolute Gasteiger partial charge is 0.309 e. The van der Waals surface area contributed by atoms with Gasteiger partial charge in [0.05, 0.1) is 4.47 Å². The molecule has 0 spiro atoms. The Balaban J connectivity index is 1.83. The van der Waals surface area contributed by atoms with E-state index in [-0.39, 0.29) is 5.82 Å². The zero-order chi connectivity index (χ0) is 13.4. The average molecular weight is 340 g/mol. The molecule has 1 aromatic heterocycles. The van der Waals surface area contributed by atoms with E-state index < -0.39 is 0 Å². The first-order valence-electron chi connectivity index (χ1n) is 6.41. The van der Waals surface area contributed by atoms with Crippen molar-refractivity contribution >= 4 is 27.3 Å². The smallest absolute Gasteiger partial charge is 0.137 e. The summed E-state index contributed by atoms with van der Waals surface area (Å²) >= 11 is 5.04. The molecule has 1 fully saturated rings. The van der Waals surface area contributed by atoms with Crippen molar-refractivity contribution in [2.24, 2.45) is 0 Å². The molecule has 1 aliphatic carbocycles. The lowest BCUT2D eigenvalue weighted by Gasteiger charge is -2.05. The minimum Gasteiger partial charge on any atom is -0.309 e. The first-order chi connectivity index (χ1) is 9.13. The summed E-state index contributed by atoms with van der Waals surface area (Å²) < 4.78 is 14.0. The van der Waals surface area contributed by atoms with Crippen LogP contribution in [0, 0.1) is 12.7 Å². The first-order valence-corrected chi connectivity index (χ1v) is 8.02. The minimum absolute atomic E-state index is 0.201. The predicted molar refractivity (Wildman–Crippen MR) is 82.0 cm³/mol. The van der Waals surface area contributed by atoms with Crippen molar-refractivity contribution in [3.63, 3.8) is 0 Å². The lowest BCUT2D eigenvalue weighted by atomic mass is 10.1. The fourth-order valence-corrected chi connectivity index (χ4v) is 3.45. The van der Waals surface area contributed by atoms with E-state index in [2.05, 4.69) is 33.4 Å². The first kappa shape index (κ1) is 13.3. The molecule has 1 nitrogen and oxygen atoms in total. The fraction of sp³-hybridized carbons (Fsp3) is 0.333. The van der Waals surface area contributed by atoms with Crippen molar-refractivity contribution in [1.82, 2.24) is 5.32 Å². The molecule has 0 aliphatic heterocycles. The number of hydrogen-bond donors (Lipinski definition) is 1. The van der Waals surface area contributed by atoms with Gasteiger partial charge in [-0.15, -0.1) is 11.3 Å². The van der Waals surface area contributed by atoms with E-state index in [4.69, 9.17) is 0 Å². The SMILES string of the molecule is Cc1cc(F)c(Br)cc1-c1ccc(CNC2CC2)s1. The zero-order valence-corrected chi connectivity index (χ0v) is 13.1. The van der Waals surface area contributed by atoms with E-state index in [0.717, 1.165) is 23.7 Å². The Morgan fingerprint density at radius 1 is 1.37 bits per heavy atom. The minimum atomic E-state index is -0.201. The second-order valence-electron chi connectivity index (χ2n) is 5.00. The zero-order valence-electron chi connectivity index (χ0n) is 10.7. The fourth-order valence-electron chi connectivity index (χ4n) is 2.06. The summed E-state index contributed by atoms with van der Waals surface area (Å²) in [5.74, 6) is -0.201. The molecule has 0 amide bonds. The summed E-state index contributed by atoms with van der Waals surface area (Å²) in [5.41, 5.74) is 2.08. The second-order valence-corrected chi connectivity index (χ2v) is 7.03. The molecule has 0 radical (unpaired) electrons. The summed E-state index contributed by atoms with van der Waals surface area (Å²) in [6.07, 6.45) is 2.62. The van der Waals surface area contributed by atoms with Crippen LogP contribution >= 0.6 is 27.3 Å². The van der Waals surface area contributed by atoms with Crippen LogP contribution in [-0.2, 0) is 6.54 Å². The standard InChI is InChI=1S/C15H15BrFNS/c1-9-6-14(17)13(16)7-12(9)15-5-4-11(19-15)8-18-10-2-3-10/h4-7,10,18H,2-3,8H2,1H3. The highest BCUT2D eigenvalue weighted by molar-refractivity contribution is 9.10. The van der Waals surface area contributed by atoms with E-state index in [9.17, 15) is 4.39 Å². The molecule has 2 aromatic rings. The lowest BCUT2D eigenvalue weighted by Crippen LogP contribution is -2.14. The number of halogens is 2. The average Bonchev–Trinajstić information content (AvgIpc) is 3.09. The maximum atomic E-state index is 13.4. The van der Waals surface area contributed by atoms with Crippen LogP contribution in [0.1, 0.15) is 23.3 Å². The summed E-state index contributed by atoms with van der Waals surface area (Å²) in [6, 6.07) is 8.47. The molecule has 1 aliphatic rings. The molecule has 1 N–H and O–H groups in total. The van der Waals surface area contributed by atoms with Gasteiger partial charge in [-0.1, -0.05) is 0 Å². The van der Waals surface area contributed by atoms with Gasteiger partial charge in [0, 0.05) is 22.3 Å². The Morgan fingerprint density at radius 3 is 2.89 bits per heavy atom. The quantitative estimate of drug-likeness (QED) is 0.837. The van der Waals surface area contributed by atoms with Crippen molar-refractivity contribution < 1.29 is 4.39 Å². The van der Waals surface area contributed by atoms with Crippen LogP contribution in [0.2, 0.25) is 0 Å². The monoisotopic (exact) mass is 339 g/mol. The third-order valence-corrected chi connectivity index (χ3v) is 5.06. The van der Waals surface area contributed by atoms with Gasteiger partial charge < -0.3 is 5.32 Å². The number of benzene rings is 1. The number of aryl methyl sites for hydroxylation is 1. The van der Waals surface area contributed by atoms with E-state index in [1.165, 1.54) is 22.6 Å². The molecular formula is C15H15BrFNS. The normalized spacial score (nSPS) is 14.9. The highest BCUT2D eigenvalue weighted by atomic mass is 79.9. The van der Waals surface area contributed by atoms with Crippen LogP contribution in [0.25, 0.3) is 10.4 Å². The Hall–Kier alpha value is -0.710. The molecule has 4 heteroatoms. The maximum absolute atomic E-state index is 13.4. The van der Waals surface area contributed by atoms with E-state index in [0.29, 0.717) is 4.47 Å². The van der Waals surface area contributed by atoms with Crippen LogP contribution in [0.4, 0.5) is 4.39 Å².